The molecule has 3 aromatic heterocycles. The lowest BCUT2D eigenvalue weighted by molar-refractivity contribution is 0.0960. The SMILES string of the molecule is CNC(=O)c1c(F)cnc2c([C@H](C)CNc3cc(-c4ccc(C(O)C(C)C)nc4)ncn3)cccc12.S. The molecule has 0 saturated carbocycles. The number of nitrogens with zero attached hydrogens (tertiary/aromatic N) is 4. The van der Waals surface area contributed by atoms with E-state index in [0.29, 0.717) is 34.7 Å². The minimum Gasteiger partial charge on any atom is -0.387 e. The number of halogens is 1. The number of fused-ring (bicyclic) bond motifs is 1. The number of amides is 1. The molecule has 3 N–H and O–H groups in total. The number of para-hydroxylation sites is 1. The number of hydrogen-bond acceptors (Lipinski definition) is 7. The lowest BCUT2D eigenvalue weighted by atomic mass is 9.96. The summed E-state index contributed by atoms with van der Waals surface area (Å²) in [6, 6.07) is 11.0. The van der Waals surface area contributed by atoms with Crippen LogP contribution in [-0.4, -0.2) is 44.5 Å². The number of pyridine rings is 2. The standard InChI is InChI=1S/C27H29FN6O2.H2S/c1-15(2)26(35)21-9-8-17(12-30-21)22-10-23(34-14-33-22)31-11-16(3)18-6-5-7-19-24(27(36)29-4)20(28)13-32-25(18)19;/h5-10,12-16,26,35H,11H2,1-4H3,(H,29,36)(H,31,33,34);1H2/t16-,26?;/m1./s1. The van der Waals surface area contributed by atoms with Gasteiger partial charge in [0.25, 0.3) is 5.91 Å². The highest BCUT2D eigenvalue weighted by molar-refractivity contribution is 7.59. The number of aromatic nitrogens is 4. The van der Waals surface area contributed by atoms with Crippen LogP contribution in [0, 0.1) is 11.7 Å². The first-order chi connectivity index (χ1) is 17.3. The van der Waals surface area contributed by atoms with Crippen molar-refractivity contribution in [2.75, 3.05) is 18.9 Å². The third-order valence-electron chi connectivity index (χ3n) is 6.14. The van der Waals surface area contributed by atoms with Crippen molar-refractivity contribution >= 4 is 36.1 Å². The maximum atomic E-state index is 14.4. The van der Waals surface area contributed by atoms with Crippen LogP contribution in [0.3, 0.4) is 0 Å². The highest BCUT2D eigenvalue weighted by atomic mass is 32.1. The summed E-state index contributed by atoms with van der Waals surface area (Å²) in [5, 5.41) is 16.5. The van der Waals surface area contributed by atoms with E-state index in [9.17, 15) is 14.3 Å². The average molecular weight is 523 g/mol. The first-order valence-electron chi connectivity index (χ1n) is 11.8. The number of aliphatic hydroxyl groups excluding tert-OH is 1. The first kappa shape index (κ1) is 27.9. The van der Waals surface area contributed by atoms with Crippen LogP contribution in [-0.2, 0) is 0 Å². The molecule has 0 aliphatic carbocycles. The Labute approximate surface area is 222 Å². The molecule has 0 bridgehead atoms. The smallest absolute Gasteiger partial charge is 0.254 e. The van der Waals surface area contributed by atoms with Gasteiger partial charge in [0.2, 0.25) is 0 Å². The van der Waals surface area contributed by atoms with Crippen molar-refractivity contribution in [3.8, 4) is 11.3 Å². The number of carbonyl (C=O) groups excluding carboxylic acids is 1. The normalized spacial score (nSPS) is 12.6. The van der Waals surface area contributed by atoms with Crippen LogP contribution in [0.1, 0.15) is 54.4 Å². The van der Waals surface area contributed by atoms with E-state index in [1.807, 2.05) is 39.0 Å². The van der Waals surface area contributed by atoms with E-state index in [0.717, 1.165) is 17.3 Å². The van der Waals surface area contributed by atoms with Crippen molar-refractivity contribution in [2.24, 2.45) is 5.92 Å². The van der Waals surface area contributed by atoms with Crippen LogP contribution in [0.4, 0.5) is 10.2 Å². The van der Waals surface area contributed by atoms with Crippen molar-refractivity contribution in [3.63, 3.8) is 0 Å². The van der Waals surface area contributed by atoms with E-state index in [2.05, 4.69) is 30.6 Å². The predicted octanol–water partition coefficient (Wildman–Crippen LogP) is 4.60. The number of anilines is 1. The summed E-state index contributed by atoms with van der Waals surface area (Å²) in [6.45, 7) is 6.44. The molecule has 0 spiro atoms. The topological polar surface area (TPSA) is 113 Å². The average Bonchev–Trinajstić information content (AvgIpc) is 2.90. The lowest BCUT2D eigenvalue weighted by Gasteiger charge is -2.17. The van der Waals surface area contributed by atoms with Gasteiger partial charge in [0.05, 0.1) is 34.8 Å². The fraction of sp³-hybridized carbons (Fsp3) is 0.296. The molecule has 1 unspecified atom stereocenters. The molecule has 4 rings (SSSR count). The number of benzene rings is 1. The van der Waals surface area contributed by atoms with Crippen molar-refractivity contribution in [1.82, 2.24) is 25.3 Å². The molecule has 37 heavy (non-hydrogen) atoms. The molecule has 8 nitrogen and oxygen atoms in total. The van der Waals surface area contributed by atoms with Gasteiger partial charge in [-0.1, -0.05) is 39.0 Å². The number of carbonyl (C=O) groups is 1. The third kappa shape index (κ3) is 6.03. The Hall–Kier alpha value is -3.63. The third-order valence-corrected chi connectivity index (χ3v) is 6.14. The number of rotatable bonds is 8. The summed E-state index contributed by atoms with van der Waals surface area (Å²) >= 11 is 0. The van der Waals surface area contributed by atoms with Gasteiger partial charge in [0, 0.05) is 42.7 Å². The molecule has 10 heteroatoms. The summed E-state index contributed by atoms with van der Waals surface area (Å²) < 4.78 is 14.4. The van der Waals surface area contributed by atoms with E-state index in [1.54, 1.807) is 24.4 Å². The van der Waals surface area contributed by atoms with Crippen LogP contribution in [0.15, 0.2) is 55.1 Å². The second-order valence-corrected chi connectivity index (χ2v) is 9.03. The molecule has 0 radical (unpaired) electrons. The van der Waals surface area contributed by atoms with Gasteiger partial charge < -0.3 is 15.7 Å². The van der Waals surface area contributed by atoms with Gasteiger partial charge >= 0.3 is 0 Å². The van der Waals surface area contributed by atoms with Gasteiger partial charge in [-0.05, 0) is 23.6 Å². The van der Waals surface area contributed by atoms with Gasteiger partial charge in [-0.3, -0.25) is 14.8 Å². The summed E-state index contributed by atoms with van der Waals surface area (Å²) in [5.41, 5.74) is 3.61. The summed E-state index contributed by atoms with van der Waals surface area (Å²) in [5.74, 6) is -0.437. The minimum absolute atomic E-state index is 0. The van der Waals surface area contributed by atoms with Crippen molar-refractivity contribution in [1.29, 1.82) is 0 Å². The van der Waals surface area contributed by atoms with Crippen LogP contribution in [0.2, 0.25) is 0 Å². The van der Waals surface area contributed by atoms with Gasteiger partial charge in [0.15, 0.2) is 5.82 Å². The van der Waals surface area contributed by atoms with E-state index >= 15 is 0 Å². The van der Waals surface area contributed by atoms with Crippen LogP contribution in [0.5, 0.6) is 0 Å². The minimum atomic E-state index is -0.653. The van der Waals surface area contributed by atoms with Crippen LogP contribution in [0.25, 0.3) is 22.2 Å². The zero-order valence-electron chi connectivity index (χ0n) is 21.2. The maximum absolute atomic E-state index is 14.4. The molecule has 2 atom stereocenters. The van der Waals surface area contributed by atoms with Crippen molar-refractivity contribution in [3.05, 3.63) is 77.8 Å². The highest BCUT2D eigenvalue weighted by Gasteiger charge is 2.19. The molecule has 194 valence electrons. The maximum Gasteiger partial charge on any atom is 0.254 e. The van der Waals surface area contributed by atoms with Crippen LogP contribution < -0.4 is 10.6 Å². The number of hydrogen-bond donors (Lipinski definition) is 3. The van der Waals surface area contributed by atoms with E-state index in [-0.39, 0.29) is 30.9 Å². The summed E-state index contributed by atoms with van der Waals surface area (Å²) in [6.07, 6.45) is 3.65. The van der Waals surface area contributed by atoms with Crippen molar-refractivity contribution in [2.45, 2.75) is 32.8 Å². The van der Waals surface area contributed by atoms with E-state index in [4.69, 9.17) is 0 Å². The van der Waals surface area contributed by atoms with Crippen molar-refractivity contribution < 1.29 is 14.3 Å². The Morgan fingerprint density at radius 2 is 1.84 bits per heavy atom. The van der Waals surface area contributed by atoms with Crippen LogP contribution >= 0.6 is 13.5 Å². The number of aliphatic hydroxyl groups is 1. The first-order valence-corrected chi connectivity index (χ1v) is 11.8. The highest BCUT2D eigenvalue weighted by Crippen LogP contribution is 2.28. The largest absolute Gasteiger partial charge is 0.387 e. The molecular weight excluding hydrogens is 491 g/mol. The molecule has 0 saturated heterocycles. The Kier molecular flexibility index (Phi) is 9.12. The molecule has 3 heterocycles. The second kappa shape index (κ2) is 12.1. The molecule has 0 aliphatic rings. The van der Waals surface area contributed by atoms with Gasteiger partial charge in [-0.2, -0.15) is 13.5 Å². The van der Waals surface area contributed by atoms with Gasteiger partial charge in [0.1, 0.15) is 12.1 Å². The molecular formula is C27H31FN6O2S. The second-order valence-electron chi connectivity index (χ2n) is 9.03. The molecule has 4 aromatic rings. The fourth-order valence-electron chi connectivity index (χ4n) is 4.03. The number of nitrogens with one attached hydrogen (secondary N) is 2. The zero-order chi connectivity index (χ0) is 25.8. The zero-order valence-corrected chi connectivity index (χ0v) is 22.2. The Morgan fingerprint density at radius 1 is 1.05 bits per heavy atom. The monoisotopic (exact) mass is 522 g/mol. The quantitative estimate of drug-likeness (QED) is 0.310. The van der Waals surface area contributed by atoms with Gasteiger partial charge in [-0.25, -0.2) is 14.4 Å². The Balaban J connectivity index is 0.00000380. The lowest BCUT2D eigenvalue weighted by Crippen LogP contribution is -2.20. The predicted molar refractivity (Wildman–Crippen MR) is 147 cm³/mol. The fourth-order valence-corrected chi connectivity index (χ4v) is 4.03. The van der Waals surface area contributed by atoms with E-state index < -0.39 is 17.8 Å². The molecule has 0 fully saturated rings. The van der Waals surface area contributed by atoms with E-state index in [1.165, 1.54) is 13.4 Å². The molecule has 1 amide bonds. The molecule has 1 aromatic carbocycles. The Bertz CT molecular complexity index is 1380. The van der Waals surface area contributed by atoms with Gasteiger partial charge in [-0.15, -0.1) is 0 Å². The summed E-state index contributed by atoms with van der Waals surface area (Å²) in [7, 11) is 1.47. The summed E-state index contributed by atoms with van der Waals surface area (Å²) in [4.78, 5) is 29.6. The Morgan fingerprint density at radius 3 is 2.51 bits per heavy atom. The molecule has 0 aliphatic heterocycles.